The first kappa shape index (κ1) is 19.0. The van der Waals surface area contributed by atoms with E-state index in [4.69, 9.17) is 16.3 Å². The van der Waals surface area contributed by atoms with Gasteiger partial charge < -0.3 is 14.6 Å². The van der Waals surface area contributed by atoms with Crippen molar-refractivity contribution in [3.63, 3.8) is 0 Å². The Morgan fingerprint density at radius 3 is 2.57 bits per heavy atom. The van der Waals surface area contributed by atoms with Gasteiger partial charge >= 0.3 is 0 Å². The molecule has 2 heterocycles. The van der Waals surface area contributed by atoms with Crippen molar-refractivity contribution in [3.05, 3.63) is 63.9 Å². The van der Waals surface area contributed by atoms with E-state index >= 15 is 0 Å². The summed E-state index contributed by atoms with van der Waals surface area (Å²) in [6, 6.07) is 15.1. The summed E-state index contributed by atoms with van der Waals surface area (Å²) in [5, 5.41) is 2.10. The van der Waals surface area contributed by atoms with Crippen LogP contribution in [0.3, 0.4) is 0 Å². The normalized spacial score (nSPS) is 15.0. The lowest BCUT2D eigenvalue weighted by Gasteiger charge is -2.26. The van der Waals surface area contributed by atoms with Gasteiger partial charge in [0.05, 0.1) is 17.7 Å². The fraction of sp³-hybridized carbons (Fsp3) is 0.348. The van der Waals surface area contributed by atoms with Crippen LogP contribution >= 0.6 is 11.6 Å². The van der Waals surface area contributed by atoms with Crippen LogP contribution in [0.25, 0.3) is 22.0 Å². The maximum atomic E-state index is 12.6. The van der Waals surface area contributed by atoms with Gasteiger partial charge in [-0.15, -0.1) is 0 Å². The van der Waals surface area contributed by atoms with Crippen LogP contribution in [-0.2, 0) is 0 Å². The summed E-state index contributed by atoms with van der Waals surface area (Å²) in [4.78, 5) is 18.1. The molecule has 0 atom stereocenters. The molecule has 1 saturated heterocycles. The number of halogens is 1. The molecule has 1 aromatic heterocycles. The molecule has 0 radical (unpaired) electrons. The molecule has 1 aliphatic heterocycles. The molecule has 4 rings (SSSR count). The molecule has 0 unspecified atom stereocenters. The standard InChI is InChI=1S/C23H25ClN2O2/c24-18-9-6-8-17(16-18)21-22(19-10-2-3-11-20(19)23(27)25-21)28-15-7-14-26-12-4-1-5-13-26/h2-3,6,8-11,16H,1,4-5,7,12-15H2,(H,25,27). The highest BCUT2D eigenvalue weighted by Crippen LogP contribution is 2.34. The average Bonchev–Trinajstić information content (AvgIpc) is 2.73. The minimum absolute atomic E-state index is 0.119. The maximum absolute atomic E-state index is 12.6. The van der Waals surface area contributed by atoms with Crippen molar-refractivity contribution in [3.8, 4) is 17.0 Å². The molecule has 0 bridgehead atoms. The first-order valence-electron chi connectivity index (χ1n) is 9.98. The number of pyridine rings is 1. The predicted octanol–water partition coefficient (Wildman–Crippen LogP) is 5.10. The van der Waals surface area contributed by atoms with Gasteiger partial charge in [-0.2, -0.15) is 0 Å². The van der Waals surface area contributed by atoms with Gasteiger partial charge in [0, 0.05) is 22.5 Å². The lowest BCUT2D eigenvalue weighted by atomic mass is 10.1. The Hall–Kier alpha value is -2.30. The zero-order valence-electron chi connectivity index (χ0n) is 15.9. The molecular formula is C23H25ClN2O2. The summed E-state index contributed by atoms with van der Waals surface area (Å²) in [6.07, 6.45) is 4.90. The van der Waals surface area contributed by atoms with E-state index in [1.165, 1.54) is 32.4 Å². The Kier molecular flexibility index (Phi) is 5.98. The zero-order valence-corrected chi connectivity index (χ0v) is 16.7. The average molecular weight is 397 g/mol. The minimum atomic E-state index is -0.119. The summed E-state index contributed by atoms with van der Waals surface area (Å²) in [6.45, 7) is 4.04. The molecule has 2 aromatic carbocycles. The number of aromatic nitrogens is 1. The second-order valence-electron chi connectivity index (χ2n) is 7.32. The summed E-state index contributed by atoms with van der Waals surface area (Å²) < 4.78 is 6.25. The number of benzene rings is 2. The fourth-order valence-electron chi connectivity index (χ4n) is 3.89. The molecule has 28 heavy (non-hydrogen) atoms. The molecule has 1 N–H and O–H groups in total. The molecule has 1 fully saturated rings. The molecule has 0 spiro atoms. The number of fused-ring (bicyclic) bond motifs is 1. The maximum Gasteiger partial charge on any atom is 0.256 e. The van der Waals surface area contributed by atoms with Crippen LogP contribution in [0.4, 0.5) is 0 Å². The number of piperidine rings is 1. The molecule has 146 valence electrons. The minimum Gasteiger partial charge on any atom is -0.491 e. The molecule has 0 aliphatic carbocycles. The van der Waals surface area contributed by atoms with Gasteiger partial charge in [-0.25, -0.2) is 0 Å². The second-order valence-corrected chi connectivity index (χ2v) is 7.75. The number of H-pyrrole nitrogens is 1. The molecule has 3 aromatic rings. The number of likely N-dealkylation sites (tertiary alicyclic amines) is 1. The number of aromatic amines is 1. The molecule has 0 saturated carbocycles. The van der Waals surface area contributed by atoms with E-state index < -0.39 is 0 Å². The van der Waals surface area contributed by atoms with Crippen LogP contribution in [0.5, 0.6) is 5.75 Å². The van der Waals surface area contributed by atoms with Gasteiger partial charge in [-0.1, -0.05) is 48.4 Å². The monoisotopic (exact) mass is 396 g/mol. The van der Waals surface area contributed by atoms with Crippen LogP contribution in [0.15, 0.2) is 53.3 Å². The quantitative estimate of drug-likeness (QED) is 0.589. The van der Waals surface area contributed by atoms with Crippen LogP contribution in [-0.4, -0.2) is 36.1 Å². The fourth-order valence-corrected chi connectivity index (χ4v) is 4.08. The molecule has 4 nitrogen and oxygen atoms in total. The van der Waals surface area contributed by atoms with E-state index in [1.807, 2.05) is 48.5 Å². The molecule has 0 amide bonds. The lowest BCUT2D eigenvalue weighted by molar-refractivity contribution is 0.205. The highest BCUT2D eigenvalue weighted by molar-refractivity contribution is 6.30. The van der Waals surface area contributed by atoms with Crippen molar-refractivity contribution < 1.29 is 4.74 Å². The number of nitrogens with zero attached hydrogens (tertiary/aromatic N) is 1. The van der Waals surface area contributed by atoms with Crippen molar-refractivity contribution in [2.24, 2.45) is 0 Å². The van der Waals surface area contributed by atoms with Crippen molar-refractivity contribution in [1.82, 2.24) is 9.88 Å². The predicted molar refractivity (Wildman–Crippen MR) is 115 cm³/mol. The van der Waals surface area contributed by atoms with Gasteiger partial charge in [0.1, 0.15) is 0 Å². The van der Waals surface area contributed by atoms with Crippen LogP contribution < -0.4 is 10.3 Å². The van der Waals surface area contributed by atoms with Gasteiger partial charge in [0.25, 0.3) is 5.56 Å². The summed E-state index contributed by atoms with van der Waals surface area (Å²) in [5.74, 6) is 0.719. The smallest absolute Gasteiger partial charge is 0.256 e. The van der Waals surface area contributed by atoms with Gasteiger partial charge in [-0.05, 0) is 50.6 Å². The second kappa shape index (κ2) is 8.80. The first-order chi connectivity index (χ1) is 13.7. The highest BCUT2D eigenvalue weighted by Gasteiger charge is 2.15. The van der Waals surface area contributed by atoms with E-state index in [0.717, 1.165) is 29.7 Å². The Labute approximate surface area is 170 Å². The van der Waals surface area contributed by atoms with E-state index in [-0.39, 0.29) is 5.56 Å². The van der Waals surface area contributed by atoms with Crippen molar-refractivity contribution in [1.29, 1.82) is 0 Å². The van der Waals surface area contributed by atoms with E-state index in [0.29, 0.717) is 22.7 Å². The number of nitrogens with one attached hydrogen (secondary N) is 1. The van der Waals surface area contributed by atoms with Crippen LogP contribution in [0, 0.1) is 0 Å². The van der Waals surface area contributed by atoms with Crippen LogP contribution in [0.2, 0.25) is 5.02 Å². The third-order valence-electron chi connectivity index (χ3n) is 5.31. The van der Waals surface area contributed by atoms with Gasteiger partial charge in [-0.3, -0.25) is 4.79 Å². The number of hydrogen-bond donors (Lipinski definition) is 1. The third-order valence-corrected chi connectivity index (χ3v) is 5.54. The van der Waals surface area contributed by atoms with Crippen LogP contribution in [0.1, 0.15) is 25.7 Å². The zero-order chi connectivity index (χ0) is 19.3. The Morgan fingerprint density at radius 2 is 1.79 bits per heavy atom. The molecule has 1 aliphatic rings. The Morgan fingerprint density at radius 1 is 1.00 bits per heavy atom. The number of hydrogen-bond acceptors (Lipinski definition) is 3. The van der Waals surface area contributed by atoms with Crippen molar-refractivity contribution in [2.75, 3.05) is 26.2 Å². The van der Waals surface area contributed by atoms with E-state index in [1.54, 1.807) is 0 Å². The third kappa shape index (κ3) is 4.23. The summed E-state index contributed by atoms with van der Waals surface area (Å²) in [5.41, 5.74) is 1.41. The summed E-state index contributed by atoms with van der Waals surface area (Å²) in [7, 11) is 0. The van der Waals surface area contributed by atoms with E-state index in [9.17, 15) is 4.79 Å². The number of ether oxygens (including phenoxy) is 1. The SMILES string of the molecule is O=c1[nH]c(-c2cccc(Cl)c2)c(OCCCN2CCCCC2)c2ccccc12. The van der Waals surface area contributed by atoms with Crippen molar-refractivity contribution >= 4 is 22.4 Å². The molecular weight excluding hydrogens is 372 g/mol. The van der Waals surface area contributed by atoms with Gasteiger partial charge in [0.15, 0.2) is 5.75 Å². The number of rotatable bonds is 6. The highest BCUT2D eigenvalue weighted by atomic mass is 35.5. The van der Waals surface area contributed by atoms with E-state index in [2.05, 4.69) is 9.88 Å². The molecule has 5 heteroatoms. The largest absolute Gasteiger partial charge is 0.491 e. The lowest BCUT2D eigenvalue weighted by Crippen LogP contribution is -2.31. The summed E-state index contributed by atoms with van der Waals surface area (Å²) >= 11 is 6.18. The first-order valence-corrected chi connectivity index (χ1v) is 10.4. The Bertz CT molecular complexity index is 1010. The van der Waals surface area contributed by atoms with Crippen molar-refractivity contribution in [2.45, 2.75) is 25.7 Å². The van der Waals surface area contributed by atoms with Gasteiger partial charge in [0.2, 0.25) is 0 Å². The Balaban J connectivity index is 1.62. The topological polar surface area (TPSA) is 45.3 Å².